The standard InChI is InChI=1S/C10H11NO4.Mo/c12-8-2-1-7(9(13)5-8)3-4-11-6-10(14)15;/h1-2,4-5,12-13H,3,6H2,(H,14,15);. The molecule has 3 N–H and O–H groups in total. The molecule has 0 aliphatic carbocycles. The summed E-state index contributed by atoms with van der Waals surface area (Å²) < 4.78 is 0. The van der Waals surface area contributed by atoms with Gasteiger partial charge >= 0.3 is 5.97 Å². The molecule has 1 aromatic rings. The number of phenols is 2. The van der Waals surface area contributed by atoms with Crippen molar-refractivity contribution in [2.75, 3.05) is 6.54 Å². The van der Waals surface area contributed by atoms with Crippen LogP contribution in [0.3, 0.4) is 0 Å². The summed E-state index contributed by atoms with van der Waals surface area (Å²) in [5.74, 6) is -1.04. The molecule has 1 aromatic carbocycles. The van der Waals surface area contributed by atoms with E-state index in [1.807, 2.05) is 0 Å². The van der Waals surface area contributed by atoms with E-state index in [1.165, 1.54) is 18.3 Å². The largest absolute Gasteiger partial charge is 0.508 e. The average Bonchev–Trinajstić information content (AvgIpc) is 2.14. The summed E-state index contributed by atoms with van der Waals surface area (Å²) in [6.45, 7) is -0.279. The molecular formula is C10H11MoNO4. The van der Waals surface area contributed by atoms with Gasteiger partial charge in [-0.15, -0.1) is 0 Å². The number of rotatable bonds is 4. The number of hydrogen-bond acceptors (Lipinski definition) is 4. The maximum atomic E-state index is 10.1. The molecule has 0 aliphatic rings. The molecule has 0 amide bonds. The van der Waals surface area contributed by atoms with E-state index in [0.717, 1.165) is 0 Å². The third kappa shape index (κ3) is 4.93. The second-order valence-electron chi connectivity index (χ2n) is 2.93. The summed E-state index contributed by atoms with van der Waals surface area (Å²) in [7, 11) is 0. The summed E-state index contributed by atoms with van der Waals surface area (Å²) in [4.78, 5) is 13.8. The second-order valence-corrected chi connectivity index (χ2v) is 2.93. The van der Waals surface area contributed by atoms with Crippen molar-refractivity contribution in [3.63, 3.8) is 0 Å². The van der Waals surface area contributed by atoms with E-state index in [9.17, 15) is 9.90 Å². The fraction of sp³-hybridized carbons (Fsp3) is 0.200. The summed E-state index contributed by atoms with van der Waals surface area (Å²) in [5, 5.41) is 26.7. The van der Waals surface area contributed by atoms with Gasteiger partial charge < -0.3 is 15.3 Å². The summed E-state index contributed by atoms with van der Waals surface area (Å²) in [5.41, 5.74) is 0.585. The number of hydrogen-bond donors (Lipinski definition) is 3. The first kappa shape index (κ1) is 14.6. The molecule has 86 valence electrons. The molecule has 0 spiro atoms. The maximum absolute atomic E-state index is 10.1. The Morgan fingerprint density at radius 1 is 1.38 bits per heavy atom. The van der Waals surface area contributed by atoms with Gasteiger partial charge in [0.2, 0.25) is 0 Å². The average molecular weight is 305 g/mol. The van der Waals surface area contributed by atoms with Gasteiger partial charge in [0.05, 0.1) is 0 Å². The van der Waals surface area contributed by atoms with Gasteiger partial charge in [-0.25, -0.2) is 0 Å². The van der Waals surface area contributed by atoms with Crippen molar-refractivity contribution in [1.82, 2.24) is 0 Å². The summed E-state index contributed by atoms with van der Waals surface area (Å²) in [6, 6.07) is 4.22. The van der Waals surface area contributed by atoms with Crippen LogP contribution in [0.5, 0.6) is 11.5 Å². The molecule has 0 fully saturated rings. The summed E-state index contributed by atoms with van der Waals surface area (Å²) >= 11 is 0. The van der Waals surface area contributed by atoms with Crippen LogP contribution < -0.4 is 0 Å². The predicted molar refractivity (Wildman–Crippen MR) is 54.5 cm³/mol. The third-order valence-corrected chi connectivity index (χ3v) is 1.74. The molecule has 0 atom stereocenters. The molecule has 0 saturated carbocycles. The molecular weight excluding hydrogens is 294 g/mol. The van der Waals surface area contributed by atoms with Gasteiger partial charge in [0.15, 0.2) is 0 Å². The van der Waals surface area contributed by atoms with Crippen molar-refractivity contribution in [3.8, 4) is 11.5 Å². The van der Waals surface area contributed by atoms with Crippen LogP contribution >= 0.6 is 0 Å². The smallest absolute Gasteiger partial charge is 0.325 e. The molecule has 0 radical (unpaired) electrons. The van der Waals surface area contributed by atoms with E-state index in [-0.39, 0.29) is 39.1 Å². The van der Waals surface area contributed by atoms with Crippen molar-refractivity contribution in [2.24, 2.45) is 4.99 Å². The Balaban J connectivity index is 0.00000225. The number of aromatic hydroxyl groups is 2. The molecule has 0 saturated heterocycles. The number of aliphatic imine (C=N–C) groups is 1. The first-order valence-corrected chi connectivity index (χ1v) is 4.30. The topological polar surface area (TPSA) is 90.1 Å². The number of carbonyl (C=O) groups is 1. The quantitative estimate of drug-likeness (QED) is 0.567. The SMILES string of the molecule is O=C(O)CN=CCc1ccc(O)cc1O.[Mo]. The first-order chi connectivity index (χ1) is 7.09. The van der Waals surface area contributed by atoms with E-state index in [0.29, 0.717) is 12.0 Å². The Morgan fingerprint density at radius 2 is 2.06 bits per heavy atom. The van der Waals surface area contributed by atoms with Crippen molar-refractivity contribution in [3.05, 3.63) is 23.8 Å². The van der Waals surface area contributed by atoms with Crippen LogP contribution in [0, 0.1) is 0 Å². The normalized spacial score (nSPS) is 10.0. The predicted octanol–water partition coefficient (Wildman–Crippen LogP) is 0.793. The molecule has 0 bridgehead atoms. The zero-order chi connectivity index (χ0) is 11.3. The molecule has 5 nitrogen and oxygen atoms in total. The minimum atomic E-state index is -0.999. The van der Waals surface area contributed by atoms with Crippen LogP contribution in [0.25, 0.3) is 0 Å². The third-order valence-electron chi connectivity index (χ3n) is 1.74. The molecule has 1 rings (SSSR count). The first-order valence-electron chi connectivity index (χ1n) is 4.30. The number of carboxylic acid groups (broad SMARTS) is 1. The van der Waals surface area contributed by atoms with Crippen LogP contribution in [0.15, 0.2) is 23.2 Å². The molecule has 0 aliphatic heterocycles. The van der Waals surface area contributed by atoms with E-state index >= 15 is 0 Å². The van der Waals surface area contributed by atoms with Crippen LogP contribution in [-0.2, 0) is 32.3 Å². The van der Waals surface area contributed by atoms with Gasteiger partial charge in [-0.3, -0.25) is 9.79 Å². The Hall–Kier alpha value is -1.35. The van der Waals surface area contributed by atoms with Crippen molar-refractivity contribution >= 4 is 12.2 Å². The number of carboxylic acids is 1. The molecule has 0 aromatic heterocycles. The summed E-state index contributed by atoms with van der Waals surface area (Å²) in [6.07, 6.45) is 1.75. The minimum Gasteiger partial charge on any atom is -0.508 e. The zero-order valence-electron chi connectivity index (χ0n) is 8.33. The fourth-order valence-electron chi connectivity index (χ4n) is 1.03. The fourth-order valence-corrected chi connectivity index (χ4v) is 1.03. The van der Waals surface area contributed by atoms with Crippen LogP contribution in [0.2, 0.25) is 0 Å². The Kier molecular flexibility index (Phi) is 6.42. The zero-order valence-corrected chi connectivity index (χ0v) is 10.3. The number of benzene rings is 1. The van der Waals surface area contributed by atoms with Gasteiger partial charge in [-0.2, -0.15) is 0 Å². The Morgan fingerprint density at radius 3 is 2.62 bits per heavy atom. The van der Waals surface area contributed by atoms with Gasteiger partial charge in [-0.05, 0) is 11.6 Å². The number of nitrogens with zero attached hydrogens (tertiary/aromatic N) is 1. The van der Waals surface area contributed by atoms with Crippen molar-refractivity contribution < 1.29 is 41.2 Å². The van der Waals surface area contributed by atoms with E-state index in [4.69, 9.17) is 10.2 Å². The van der Waals surface area contributed by atoms with Gasteiger partial charge in [0.25, 0.3) is 0 Å². The van der Waals surface area contributed by atoms with Crippen LogP contribution in [0.1, 0.15) is 5.56 Å². The maximum Gasteiger partial charge on any atom is 0.325 e. The molecule has 16 heavy (non-hydrogen) atoms. The molecule has 0 unspecified atom stereocenters. The van der Waals surface area contributed by atoms with Gasteiger partial charge in [0, 0.05) is 39.8 Å². The van der Waals surface area contributed by atoms with E-state index in [1.54, 1.807) is 6.07 Å². The van der Waals surface area contributed by atoms with E-state index in [2.05, 4.69) is 4.99 Å². The number of phenolic OH excluding ortho intramolecular Hbond substituents is 2. The van der Waals surface area contributed by atoms with Crippen LogP contribution in [0.4, 0.5) is 0 Å². The van der Waals surface area contributed by atoms with Crippen molar-refractivity contribution in [1.29, 1.82) is 0 Å². The van der Waals surface area contributed by atoms with Crippen molar-refractivity contribution in [2.45, 2.75) is 6.42 Å². The van der Waals surface area contributed by atoms with E-state index < -0.39 is 5.97 Å². The Labute approximate surface area is 107 Å². The second kappa shape index (κ2) is 7.01. The van der Waals surface area contributed by atoms with Crippen LogP contribution in [-0.4, -0.2) is 34.0 Å². The number of aliphatic carboxylic acids is 1. The van der Waals surface area contributed by atoms with Gasteiger partial charge in [-0.1, -0.05) is 6.07 Å². The minimum absolute atomic E-state index is 0. The molecule has 6 heteroatoms. The van der Waals surface area contributed by atoms with Gasteiger partial charge in [0.1, 0.15) is 18.0 Å². The Bertz CT molecular complexity index is 392. The monoisotopic (exact) mass is 307 g/mol. The molecule has 0 heterocycles.